The van der Waals surface area contributed by atoms with Gasteiger partial charge in [0, 0.05) is 60.0 Å². The van der Waals surface area contributed by atoms with Crippen molar-refractivity contribution in [3.05, 3.63) is 164 Å². The third kappa shape index (κ3) is 19.5. The maximum Gasteiger partial charge on any atom is 1.00 e. The Bertz CT molecular complexity index is 2000. The predicted molar refractivity (Wildman–Crippen MR) is 221 cm³/mol. The number of rotatable bonds is 16. The van der Waals surface area contributed by atoms with Gasteiger partial charge < -0.3 is 78.5 Å². The van der Waals surface area contributed by atoms with Crippen LogP contribution in [0.25, 0.3) is 0 Å². The zero-order valence-electron chi connectivity index (χ0n) is 36.4. The molecule has 8 aromatic rings. The first-order valence-electron chi connectivity index (χ1n) is 20.0. The second kappa shape index (κ2) is 30.1. The molecular weight excluding hydrogens is 991 g/mol. The van der Waals surface area contributed by atoms with Crippen LogP contribution in [0.2, 0.25) is 0 Å². The Hall–Kier alpha value is -3.01. The van der Waals surface area contributed by atoms with Crippen molar-refractivity contribution in [1.29, 1.82) is 0 Å². The van der Waals surface area contributed by atoms with Crippen LogP contribution in [-0.2, 0) is 52.1 Å². The minimum absolute atomic E-state index is 0. The molecule has 8 heterocycles. The number of nitrogens with zero attached hydrogens (tertiary/aromatic N) is 9. The van der Waals surface area contributed by atoms with Gasteiger partial charge in [-0.05, 0) is 62.1 Å². The molecule has 0 atom stereocenters. The van der Waals surface area contributed by atoms with E-state index in [0.29, 0.717) is 0 Å². The number of unbranched alkanes of at least 4 members (excludes halogenated alkanes) is 2. The number of aromatic amines is 4. The molecule has 0 aliphatic rings. The van der Waals surface area contributed by atoms with E-state index < -0.39 is 0 Å². The Kier molecular flexibility index (Phi) is 26.6. The van der Waals surface area contributed by atoms with Gasteiger partial charge in [-0.2, -0.15) is 0 Å². The number of nitrogens with one attached hydrogen (secondary N) is 4. The van der Waals surface area contributed by atoms with Gasteiger partial charge in [-0.1, -0.05) is 40.5 Å². The summed E-state index contributed by atoms with van der Waals surface area (Å²) < 4.78 is 13.1. The normalized spacial score (nSPS) is 10.1. The summed E-state index contributed by atoms with van der Waals surface area (Å²) in [5.41, 5.74) is 7.54. The van der Waals surface area contributed by atoms with Gasteiger partial charge in [0.2, 0.25) is 12.7 Å². The van der Waals surface area contributed by atoms with Gasteiger partial charge in [0.25, 0.3) is 0 Å². The van der Waals surface area contributed by atoms with E-state index in [-0.39, 0.29) is 101 Å². The van der Waals surface area contributed by atoms with E-state index in [1.165, 1.54) is 59.8 Å². The van der Waals surface area contributed by atoms with Crippen LogP contribution >= 0.6 is 0 Å². The molecule has 13 nitrogen and oxygen atoms in total. The van der Waals surface area contributed by atoms with Gasteiger partial charge in [0.15, 0.2) is 0 Å². The third-order valence-corrected chi connectivity index (χ3v) is 9.15. The van der Waals surface area contributed by atoms with Crippen molar-refractivity contribution in [2.75, 3.05) is 0 Å². The Labute approximate surface area is 427 Å². The molecule has 59 heavy (non-hydrogen) atoms. The Morgan fingerprint density at radius 1 is 0.542 bits per heavy atom. The first kappa shape index (κ1) is 52.1. The van der Waals surface area contributed by atoms with E-state index in [4.69, 9.17) is 0 Å². The van der Waals surface area contributed by atoms with Crippen LogP contribution in [0.4, 0.5) is 0 Å². The Balaban J connectivity index is 0.000000444. The Morgan fingerprint density at radius 2 is 0.983 bits per heavy atom. The van der Waals surface area contributed by atoms with Crippen molar-refractivity contribution in [2.24, 2.45) is 0 Å². The van der Waals surface area contributed by atoms with Crippen LogP contribution in [-0.4, -0.2) is 53.2 Å². The molecule has 16 heteroatoms. The molecule has 0 saturated heterocycles. The SMILES string of the molecule is CCCCn1cc[n+](Cc2ccc(C[n+]3ccn(CCCC)c3)[nH]2)c1.CCc1ccc(CC)[nH]1.[H-].[I-].[I-].[K+].c1c[nH]cn1.c1cn(Cc2ccc(Cn3ccnc3)[nH]2)cn1. The Morgan fingerprint density at radius 3 is 1.34 bits per heavy atom. The van der Waals surface area contributed by atoms with Crippen LogP contribution in [0.5, 0.6) is 0 Å². The van der Waals surface area contributed by atoms with Gasteiger partial charge >= 0.3 is 51.4 Å². The smallest absolute Gasteiger partial charge is 1.00 e. The van der Waals surface area contributed by atoms with E-state index in [1.54, 1.807) is 31.1 Å². The van der Waals surface area contributed by atoms with Crippen LogP contribution in [0, 0.1) is 0 Å². The quantitative estimate of drug-likeness (QED) is 0.0512. The van der Waals surface area contributed by atoms with Crippen molar-refractivity contribution in [3.63, 3.8) is 0 Å². The molecule has 0 unspecified atom stereocenters. The summed E-state index contributed by atoms with van der Waals surface area (Å²) >= 11 is 0. The van der Waals surface area contributed by atoms with E-state index in [2.05, 4.69) is 155 Å². The second-order valence-corrected chi connectivity index (χ2v) is 13.8. The molecular formula is C43H62I2KN13. The first-order chi connectivity index (χ1) is 27.5. The number of hydrogen-bond acceptors (Lipinski definition) is 3. The topological polar surface area (TPSA) is 129 Å². The molecule has 0 amide bonds. The van der Waals surface area contributed by atoms with E-state index >= 15 is 0 Å². The summed E-state index contributed by atoms with van der Waals surface area (Å²) in [6, 6.07) is 12.9. The number of halogens is 2. The minimum atomic E-state index is 0. The van der Waals surface area contributed by atoms with Crippen molar-refractivity contribution >= 4 is 0 Å². The van der Waals surface area contributed by atoms with Gasteiger partial charge in [0.1, 0.15) is 37.9 Å². The van der Waals surface area contributed by atoms with E-state index in [1.807, 2.05) is 34.2 Å². The van der Waals surface area contributed by atoms with Crippen molar-refractivity contribution in [1.82, 2.24) is 53.2 Å². The van der Waals surface area contributed by atoms with Gasteiger partial charge in [0.05, 0.1) is 56.5 Å². The summed E-state index contributed by atoms with van der Waals surface area (Å²) in [5, 5.41) is 0. The van der Waals surface area contributed by atoms with Crippen LogP contribution in [0.15, 0.2) is 130 Å². The summed E-state index contributed by atoms with van der Waals surface area (Å²) in [6.07, 6.45) is 36.4. The predicted octanol–water partition coefficient (Wildman–Crippen LogP) is -1.93. The third-order valence-electron chi connectivity index (χ3n) is 9.15. The summed E-state index contributed by atoms with van der Waals surface area (Å²) in [6.45, 7) is 14.4. The zero-order chi connectivity index (χ0) is 39.2. The summed E-state index contributed by atoms with van der Waals surface area (Å²) in [4.78, 5) is 24.7. The maximum absolute atomic E-state index is 4.02. The molecule has 0 saturated carbocycles. The van der Waals surface area contributed by atoms with Crippen LogP contribution in [0.3, 0.4) is 0 Å². The van der Waals surface area contributed by atoms with Crippen LogP contribution in [0.1, 0.15) is 89.0 Å². The molecule has 0 aromatic carbocycles. The molecule has 0 aliphatic carbocycles. The standard InChI is InChI=1S/C20H31N5.C12H13N5.C8H13N.C3H4N2.2HI.K.H/c1-3-5-9-22-11-13-24(17-22)15-19-7-8-20(21-19)16-25-14-12-23(18-25)10-6-4-2;1-2-12(8-17-6-4-14-10-17)15-11(1)7-16-5-3-13-9-16;1-3-7-5-6-8(4-2)9-7;1-2-5-3-4-1;;;;/h7-8,11-14,17-18,21H,3-6,9-10,15-16H2,1-2H3;1-6,9-10,15H,7-8H2;5-6,9H,3-4H2,1-2H3;1-3H,(H,4,5);2*1H;;/q+2;;;;;;+1;-1/p-2. The molecule has 0 radical (unpaired) electrons. The van der Waals surface area contributed by atoms with Crippen molar-refractivity contribution in [3.8, 4) is 0 Å². The van der Waals surface area contributed by atoms with E-state index in [9.17, 15) is 0 Å². The molecule has 0 spiro atoms. The molecule has 4 N–H and O–H groups in total. The average molecular weight is 1050 g/mol. The van der Waals surface area contributed by atoms with Gasteiger partial charge in [-0.15, -0.1) is 0 Å². The average Bonchev–Trinajstić information content (AvgIpc) is 4.06. The fourth-order valence-electron chi connectivity index (χ4n) is 6.03. The molecule has 8 aromatic heterocycles. The molecule has 0 aliphatic heterocycles. The second-order valence-electron chi connectivity index (χ2n) is 13.8. The van der Waals surface area contributed by atoms with Crippen molar-refractivity contribution in [2.45, 2.75) is 105 Å². The van der Waals surface area contributed by atoms with E-state index in [0.717, 1.165) is 52.1 Å². The fourth-order valence-corrected chi connectivity index (χ4v) is 6.03. The van der Waals surface area contributed by atoms with Gasteiger partial charge in [-0.25, -0.2) is 33.2 Å². The first-order valence-corrected chi connectivity index (χ1v) is 20.0. The number of H-pyrrole nitrogens is 4. The maximum atomic E-state index is 4.02. The minimum Gasteiger partial charge on any atom is -1.00 e. The number of imidazole rings is 5. The monoisotopic (exact) mass is 1050 g/mol. The zero-order valence-corrected chi connectivity index (χ0v) is 42.8. The molecule has 8 rings (SSSR count). The van der Waals surface area contributed by atoms with Crippen molar-refractivity contribution < 1.29 is 110 Å². The molecule has 0 bridgehead atoms. The number of aromatic nitrogens is 13. The summed E-state index contributed by atoms with van der Waals surface area (Å²) in [7, 11) is 0. The fraction of sp³-hybridized carbons (Fsp3) is 0.372. The molecule has 0 fully saturated rings. The summed E-state index contributed by atoms with van der Waals surface area (Å²) in [5.74, 6) is 0. The largest absolute Gasteiger partial charge is 1.00 e. The number of hydrogen-bond donors (Lipinski definition) is 4. The van der Waals surface area contributed by atoms with Crippen LogP contribution < -0.4 is 108 Å². The van der Waals surface area contributed by atoms with Gasteiger partial charge in [-0.3, -0.25) is 0 Å². The number of aryl methyl sites for hydroxylation is 4. The molecule has 314 valence electrons.